The molecule has 0 bridgehead atoms. The molecule has 1 aromatic heterocycles. The standard InChI is InChI=1S/C16H30N4S.HI/c1-5-6-11-19(3)13-10-18-16(17-2)20(4)12-9-15-8-7-14-21-15;/h7-8,14H,5-6,9-13H2,1-4H3,(H,17,18);1H. The van der Waals surface area contributed by atoms with Crippen LogP contribution in [0.1, 0.15) is 24.6 Å². The van der Waals surface area contributed by atoms with Crippen LogP contribution in [0.4, 0.5) is 0 Å². The Balaban J connectivity index is 0.00000441. The SMILES string of the molecule is CCCCN(C)CCNC(=NC)N(C)CCc1cccs1.I. The topological polar surface area (TPSA) is 30.9 Å². The molecule has 0 atom stereocenters. The van der Waals surface area contributed by atoms with Gasteiger partial charge in [-0.2, -0.15) is 0 Å². The van der Waals surface area contributed by atoms with Gasteiger partial charge < -0.3 is 15.1 Å². The highest BCUT2D eigenvalue weighted by atomic mass is 127. The highest BCUT2D eigenvalue weighted by Crippen LogP contribution is 2.09. The van der Waals surface area contributed by atoms with Gasteiger partial charge in [0.1, 0.15) is 0 Å². The van der Waals surface area contributed by atoms with E-state index in [1.165, 1.54) is 24.3 Å². The Hall–Kier alpha value is -0.340. The maximum Gasteiger partial charge on any atom is 0.193 e. The number of rotatable bonds is 9. The first-order valence-corrected chi connectivity index (χ1v) is 8.68. The van der Waals surface area contributed by atoms with Crippen LogP contribution < -0.4 is 5.32 Å². The number of halogens is 1. The molecule has 128 valence electrons. The van der Waals surface area contributed by atoms with Gasteiger partial charge in [0.2, 0.25) is 0 Å². The van der Waals surface area contributed by atoms with Gasteiger partial charge in [0, 0.05) is 38.6 Å². The predicted molar refractivity (Wildman–Crippen MR) is 110 cm³/mol. The third kappa shape index (κ3) is 8.95. The number of hydrogen-bond acceptors (Lipinski definition) is 3. The summed E-state index contributed by atoms with van der Waals surface area (Å²) in [6, 6.07) is 4.30. The zero-order chi connectivity index (χ0) is 15.5. The van der Waals surface area contributed by atoms with E-state index in [2.05, 4.69) is 58.6 Å². The molecule has 0 unspecified atom stereocenters. The quantitative estimate of drug-likeness (QED) is 0.365. The average Bonchev–Trinajstić information content (AvgIpc) is 3.00. The molecule has 0 aliphatic carbocycles. The van der Waals surface area contributed by atoms with E-state index in [-0.39, 0.29) is 24.0 Å². The van der Waals surface area contributed by atoms with Crippen LogP contribution in [0.3, 0.4) is 0 Å². The molecule has 22 heavy (non-hydrogen) atoms. The molecule has 1 aromatic rings. The van der Waals surface area contributed by atoms with Crippen molar-refractivity contribution in [1.82, 2.24) is 15.1 Å². The number of unbranched alkanes of at least 4 members (excludes halogenated alkanes) is 1. The summed E-state index contributed by atoms with van der Waals surface area (Å²) in [5.74, 6) is 0.982. The highest BCUT2D eigenvalue weighted by molar-refractivity contribution is 14.0. The molecule has 0 radical (unpaired) electrons. The molecular weight excluding hydrogens is 407 g/mol. The molecule has 0 fully saturated rings. The second-order valence-corrected chi connectivity index (χ2v) is 6.41. The summed E-state index contributed by atoms with van der Waals surface area (Å²) in [5.41, 5.74) is 0. The summed E-state index contributed by atoms with van der Waals surface area (Å²) in [6.07, 6.45) is 3.60. The fourth-order valence-corrected chi connectivity index (χ4v) is 2.82. The molecule has 0 aromatic carbocycles. The van der Waals surface area contributed by atoms with E-state index in [1.54, 1.807) is 0 Å². The molecular formula is C16H31IN4S. The number of hydrogen-bond donors (Lipinski definition) is 1. The molecule has 1 rings (SSSR count). The summed E-state index contributed by atoms with van der Waals surface area (Å²) in [6.45, 7) is 6.39. The van der Waals surface area contributed by atoms with Gasteiger partial charge in [-0.15, -0.1) is 35.3 Å². The maximum atomic E-state index is 4.36. The Kier molecular flexibility index (Phi) is 12.9. The molecule has 4 nitrogen and oxygen atoms in total. The fourth-order valence-electron chi connectivity index (χ4n) is 2.12. The van der Waals surface area contributed by atoms with Crippen LogP contribution in [0.2, 0.25) is 0 Å². The van der Waals surface area contributed by atoms with Crippen molar-refractivity contribution in [3.63, 3.8) is 0 Å². The smallest absolute Gasteiger partial charge is 0.193 e. The normalized spacial score (nSPS) is 11.4. The van der Waals surface area contributed by atoms with Crippen LogP contribution in [0.5, 0.6) is 0 Å². The summed E-state index contributed by atoms with van der Waals surface area (Å²) < 4.78 is 0. The Morgan fingerprint density at radius 3 is 2.64 bits per heavy atom. The summed E-state index contributed by atoms with van der Waals surface area (Å²) >= 11 is 1.82. The van der Waals surface area contributed by atoms with E-state index in [1.807, 2.05) is 18.4 Å². The largest absolute Gasteiger partial charge is 0.355 e. The lowest BCUT2D eigenvalue weighted by Crippen LogP contribution is -2.42. The van der Waals surface area contributed by atoms with Gasteiger partial charge in [-0.05, 0) is 37.9 Å². The lowest BCUT2D eigenvalue weighted by Gasteiger charge is -2.23. The number of thiophene rings is 1. The zero-order valence-corrected chi connectivity index (χ0v) is 17.5. The van der Waals surface area contributed by atoms with Crippen molar-refractivity contribution in [3.8, 4) is 0 Å². The number of guanidine groups is 1. The van der Waals surface area contributed by atoms with Crippen LogP contribution in [0, 0.1) is 0 Å². The van der Waals surface area contributed by atoms with E-state index in [4.69, 9.17) is 0 Å². The van der Waals surface area contributed by atoms with Crippen LogP contribution in [-0.2, 0) is 6.42 Å². The van der Waals surface area contributed by atoms with Crippen LogP contribution in [-0.4, -0.2) is 63.1 Å². The fraction of sp³-hybridized carbons (Fsp3) is 0.688. The van der Waals surface area contributed by atoms with Crippen molar-refractivity contribution < 1.29 is 0 Å². The Labute approximate surface area is 157 Å². The summed E-state index contributed by atoms with van der Waals surface area (Å²) in [7, 11) is 6.13. The second kappa shape index (κ2) is 13.1. The van der Waals surface area contributed by atoms with Crippen LogP contribution in [0.15, 0.2) is 22.5 Å². The van der Waals surface area contributed by atoms with Crippen molar-refractivity contribution in [2.24, 2.45) is 4.99 Å². The van der Waals surface area contributed by atoms with Crippen molar-refractivity contribution in [3.05, 3.63) is 22.4 Å². The predicted octanol–water partition coefficient (Wildman–Crippen LogP) is 3.15. The highest BCUT2D eigenvalue weighted by Gasteiger charge is 2.06. The van der Waals surface area contributed by atoms with Crippen molar-refractivity contribution >= 4 is 41.3 Å². The summed E-state index contributed by atoms with van der Waals surface area (Å²) in [4.78, 5) is 10.4. The molecule has 0 aliphatic rings. The van der Waals surface area contributed by atoms with Gasteiger partial charge in [-0.1, -0.05) is 19.4 Å². The number of nitrogens with zero attached hydrogens (tertiary/aromatic N) is 3. The third-order valence-corrected chi connectivity index (χ3v) is 4.45. The second-order valence-electron chi connectivity index (χ2n) is 5.38. The average molecular weight is 438 g/mol. The Morgan fingerprint density at radius 2 is 2.05 bits per heavy atom. The van der Waals surface area contributed by atoms with Gasteiger partial charge >= 0.3 is 0 Å². The first-order valence-electron chi connectivity index (χ1n) is 7.80. The van der Waals surface area contributed by atoms with Gasteiger partial charge in [-0.25, -0.2) is 0 Å². The van der Waals surface area contributed by atoms with Crippen molar-refractivity contribution in [2.45, 2.75) is 26.2 Å². The van der Waals surface area contributed by atoms with Gasteiger partial charge in [-0.3, -0.25) is 4.99 Å². The number of aliphatic imine (C=N–C) groups is 1. The lowest BCUT2D eigenvalue weighted by atomic mass is 10.3. The van der Waals surface area contributed by atoms with E-state index < -0.39 is 0 Å². The van der Waals surface area contributed by atoms with E-state index in [0.717, 1.165) is 32.0 Å². The van der Waals surface area contributed by atoms with Gasteiger partial charge in [0.15, 0.2) is 5.96 Å². The Morgan fingerprint density at radius 1 is 1.27 bits per heavy atom. The van der Waals surface area contributed by atoms with Gasteiger partial charge in [0.25, 0.3) is 0 Å². The molecule has 0 saturated carbocycles. The van der Waals surface area contributed by atoms with Crippen LogP contribution >= 0.6 is 35.3 Å². The minimum Gasteiger partial charge on any atom is -0.355 e. The molecule has 1 N–H and O–H groups in total. The molecule has 0 amide bonds. The zero-order valence-electron chi connectivity index (χ0n) is 14.3. The van der Waals surface area contributed by atoms with Crippen LogP contribution in [0.25, 0.3) is 0 Å². The number of likely N-dealkylation sites (N-methyl/N-ethyl adjacent to an activating group) is 2. The van der Waals surface area contributed by atoms with Gasteiger partial charge in [0.05, 0.1) is 0 Å². The number of nitrogens with one attached hydrogen (secondary N) is 1. The molecule has 0 saturated heterocycles. The molecule has 1 heterocycles. The van der Waals surface area contributed by atoms with Crippen molar-refractivity contribution in [2.75, 3.05) is 47.3 Å². The Bertz CT molecular complexity index is 395. The lowest BCUT2D eigenvalue weighted by molar-refractivity contribution is 0.330. The first-order chi connectivity index (χ1) is 10.2. The van der Waals surface area contributed by atoms with E-state index >= 15 is 0 Å². The third-order valence-electron chi connectivity index (χ3n) is 3.52. The molecule has 0 spiro atoms. The molecule has 6 heteroatoms. The summed E-state index contributed by atoms with van der Waals surface area (Å²) in [5, 5.41) is 5.58. The first kappa shape index (κ1) is 21.7. The molecule has 0 aliphatic heterocycles. The van der Waals surface area contributed by atoms with E-state index in [0.29, 0.717) is 0 Å². The van der Waals surface area contributed by atoms with Crippen molar-refractivity contribution in [1.29, 1.82) is 0 Å². The monoisotopic (exact) mass is 438 g/mol. The maximum absolute atomic E-state index is 4.36. The minimum atomic E-state index is 0. The minimum absolute atomic E-state index is 0. The van der Waals surface area contributed by atoms with E-state index in [9.17, 15) is 0 Å².